The van der Waals surface area contributed by atoms with Crippen molar-refractivity contribution in [2.24, 2.45) is 0 Å². The van der Waals surface area contributed by atoms with Crippen molar-refractivity contribution >= 4 is 27.5 Å². The van der Waals surface area contributed by atoms with Crippen LogP contribution in [0.3, 0.4) is 0 Å². The van der Waals surface area contributed by atoms with Gasteiger partial charge in [0.05, 0.1) is 5.02 Å². The molecule has 0 spiro atoms. The highest BCUT2D eigenvalue weighted by Gasteiger charge is 2.06. The molecule has 0 aromatic heterocycles. The van der Waals surface area contributed by atoms with Crippen LogP contribution in [0.5, 0.6) is 0 Å². The molecule has 1 aromatic carbocycles. The fraction of sp³-hybridized carbons (Fsp3) is 0.250. The van der Waals surface area contributed by atoms with Crippen molar-refractivity contribution in [2.75, 3.05) is 0 Å². The molecule has 0 nitrogen and oxygen atoms in total. The Hall–Kier alpha value is -0.0800. The average molecular weight is 237 g/mol. The summed E-state index contributed by atoms with van der Waals surface area (Å²) in [6.07, 6.45) is 0.848. The van der Waals surface area contributed by atoms with E-state index in [0.29, 0.717) is 4.47 Å². The van der Waals surface area contributed by atoms with Gasteiger partial charge >= 0.3 is 0 Å². The van der Waals surface area contributed by atoms with E-state index < -0.39 is 0 Å². The minimum atomic E-state index is -0.379. The highest BCUT2D eigenvalue weighted by Crippen LogP contribution is 2.28. The summed E-state index contributed by atoms with van der Waals surface area (Å²) >= 11 is 8.86. The van der Waals surface area contributed by atoms with Crippen molar-refractivity contribution in [3.63, 3.8) is 0 Å². The number of hydrogen-bond donors (Lipinski definition) is 0. The van der Waals surface area contributed by atoms with E-state index in [1.807, 2.05) is 6.92 Å². The van der Waals surface area contributed by atoms with Gasteiger partial charge in [-0.2, -0.15) is 0 Å². The van der Waals surface area contributed by atoms with Crippen LogP contribution in [0.25, 0.3) is 0 Å². The Kier molecular flexibility index (Phi) is 2.90. The molecule has 0 aliphatic rings. The van der Waals surface area contributed by atoms with Crippen LogP contribution in [0.1, 0.15) is 12.5 Å². The molecule has 0 atom stereocenters. The van der Waals surface area contributed by atoms with E-state index in [-0.39, 0.29) is 10.8 Å². The highest BCUT2D eigenvalue weighted by molar-refractivity contribution is 9.10. The SMILES string of the molecule is CCc1ccc(F)c(Cl)c1Br. The van der Waals surface area contributed by atoms with Crippen molar-refractivity contribution in [2.45, 2.75) is 13.3 Å². The van der Waals surface area contributed by atoms with Crippen molar-refractivity contribution in [1.82, 2.24) is 0 Å². The van der Waals surface area contributed by atoms with E-state index in [1.54, 1.807) is 6.07 Å². The van der Waals surface area contributed by atoms with Gasteiger partial charge in [0, 0.05) is 4.47 Å². The van der Waals surface area contributed by atoms with Gasteiger partial charge in [-0.1, -0.05) is 24.6 Å². The van der Waals surface area contributed by atoms with Crippen molar-refractivity contribution < 1.29 is 4.39 Å². The van der Waals surface area contributed by atoms with Crippen LogP contribution in [-0.2, 0) is 6.42 Å². The second-order valence-electron chi connectivity index (χ2n) is 2.19. The second kappa shape index (κ2) is 3.55. The molecule has 1 aromatic rings. The molecule has 0 bridgehead atoms. The first-order valence-corrected chi connectivity index (χ1v) is 4.46. The summed E-state index contributed by atoms with van der Waals surface area (Å²) in [7, 11) is 0. The summed E-state index contributed by atoms with van der Waals surface area (Å²) in [6.45, 7) is 1.99. The van der Waals surface area contributed by atoms with E-state index in [0.717, 1.165) is 12.0 Å². The molecule has 0 heterocycles. The summed E-state index contributed by atoms with van der Waals surface area (Å²) in [6, 6.07) is 3.11. The Morgan fingerprint density at radius 2 is 2.18 bits per heavy atom. The summed E-state index contributed by atoms with van der Waals surface area (Å²) in [5.41, 5.74) is 1.02. The van der Waals surface area contributed by atoms with Crippen LogP contribution < -0.4 is 0 Å². The highest BCUT2D eigenvalue weighted by atomic mass is 79.9. The molecule has 0 unspecified atom stereocenters. The molecular formula is C8H7BrClF. The first-order valence-electron chi connectivity index (χ1n) is 3.29. The van der Waals surface area contributed by atoms with E-state index in [9.17, 15) is 4.39 Å². The fourth-order valence-electron chi connectivity index (χ4n) is 0.839. The van der Waals surface area contributed by atoms with Gasteiger partial charge in [-0.25, -0.2) is 4.39 Å². The van der Waals surface area contributed by atoms with Crippen molar-refractivity contribution in [1.29, 1.82) is 0 Å². The molecule has 0 N–H and O–H groups in total. The number of aryl methyl sites for hydroxylation is 1. The quantitative estimate of drug-likeness (QED) is 0.652. The maximum atomic E-state index is 12.7. The molecule has 0 amide bonds. The zero-order chi connectivity index (χ0) is 8.43. The van der Waals surface area contributed by atoms with Crippen LogP contribution >= 0.6 is 27.5 Å². The van der Waals surface area contributed by atoms with Gasteiger partial charge < -0.3 is 0 Å². The van der Waals surface area contributed by atoms with Crippen LogP contribution in [0.4, 0.5) is 4.39 Å². The maximum absolute atomic E-state index is 12.7. The van der Waals surface area contributed by atoms with Crippen molar-refractivity contribution in [3.05, 3.63) is 33.0 Å². The number of rotatable bonds is 1. The van der Waals surface area contributed by atoms with Gasteiger partial charge in [-0.3, -0.25) is 0 Å². The first-order chi connectivity index (χ1) is 5.16. The number of benzene rings is 1. The van der Waals surface area contributed by atoms with Gasteiger partial charge in [0.1, 0.15) is 5.82 Å². The first kappa shape index (κ1) is 9.01. The molecule has 1 rings (SSSR count). The molecule has 0 saturated carbocycles. The third-order valence-corrected chi connectivity index (χ3v) is 3.00. The van der Waals surface area contributed by atoms with E-state index in [1.165, 1.54) is 6.07 Å². The molecule has 60 valence electrons. The molecule has 0 radical (unpaired) electrons. The summed E-state index contributed by atoms with van der Waals surface area (Å²) in [4.78, 5) is 0. The zero-order valence-electron chi connectivity index (χ0n) is 6.00. The summed E-state index contributed by atoms with van der Waals surface area (Å²) in [5.74, 6) is -0.379. The van der Waals surface area contributed by atoms with Gasteiger partial charge in [-0.05, 0) is 34.0 Å². The molecular weight excluding hydrogens is 230 g/mol. The monoisotopic (exact) mass is 236 g/mol. The lowest BCUT2D eigenvalue weighted by Gasteiger charge is -2.02. The summed E-state index contributed by atoms with van der Waals surface area (Å²) in [5, 5.41) is 0.171. The minimum Gasteiger partial charge on any atom is -0.205 e. The third kappa shape index (κ3) is 1.74. The second-order valence-corrected chi connectivity index (χ2v) is 3.36. The number of halogens is 3. The molecule has 0 aliphatic heterocycles. The Morgan fingerprint density at radius 3 is 2.73 bits per heavy atom. The summed E-state index contributed by atoms with van der Waals surface area (Å²) < 4.78 is 13.4. The van der Waals surface area contributed by atoms with Gasteiger partial charge in [-0.15, -0.1) is 0 Å². The van der Waals surface area contributed by atoms with Crippen LogP contribution in [0, 0.1) is 5.82 Å². The normalized spacial score (nSPS) is 10.2. The topological polar surface area (TPSA) is 0 Å². The van der Waals surface area contributed by atoms with Crippen LogP contribution in [0.15, 0.2) is 16.6 Å². The molecule has 0 saturated heterocycles. The lowest BCUT2D eigenvalue weighted by Crippen LogP contribution is -1.86. The predicted octanol–water partition coefficient (Wildman–Crippen LogP) is 3.80. The van der Waals surface area contributed by atoms with E-state index in [2.05, 4.69) is 15.9 Å². The van der Waals surface area contributed by atoms with E-state index in [4.69, 9.17) is 11.6 Å². The fourth-order valence-corrected chi connectivity index (χ4v) is 1.63. The average Bonchev–Trinajstić information content (AvgIpc) is 2.01. The molecule has 0 fully saturated rings. The van der Waals surface area contributed by atoms with Gasteiger partial charge in [0.2, 0.25) is 0 Å². The Balaban J connectivity index is 3.25. The molecule has 11 heavy (non-hydrogen) atoms. The zero-order valence-corrected chi connectivity index (χ0v) is 8.34. The minimum absolute atomic E-state index is 0.171. The predicted molar refractivity (Wildman–Crippen MR) is 48.5 cm³/mol. The van der Waals surface area contributed by atoms with Gasteiger partial charge in [0.15, 0.2) is 0 Å². The lowest BCUT2D eigenvalue weighted by molar-refractivity contribution is 0.626. The Labute approximate surface area is 78.5 Å². The Morgan fingerprint density at radius 1 is 1.55 bits per heavy atom. The van der Waals surface area contributed by atoms with Gasteiger partial charge in [0.25, 0.3) is 0 Å². The lowest BCUT2D eigenvalue weighted by atomic mass is 10.2. The van der Waals surface area contributed by atoms with Crippen LogP contribution in [-0.4, -0.2) is 0 Å². The standard InChI is InChI=1S/C8H7BrClF/c1-2-5-3-4-6(11)8(10)7(5)9/h3-4H,2H2,1H3. The maximum Gasteiger partial charge on any atom is 0.142 e. The van der Waals surface area contributed by atoms with Crippen LogP contribution in [0.2, 0.25) is 5.02 Å². The smallest absolute Gasteiger partial charge is 0.142 e. The van der Waals surface area contributed by atoms with Crippen molar-refractivity contribution in [3.8, 4) is 0 Å². The van der Waals surface area contributed by atoms with E-state index >= 15 is 0 Å². The molecule has 0 aliphatic carbocycles. The molecule has 3 heteroatoms. The largest absolute Gasteiger partial charge is 0.205 e. The Bertz CT molecular complexity index is 273. The number of hydrogen-bond acceptors (Lipinski definition) is 0. The third-order valence-electron chi connectivity index (χ3n) is 1.50.